The zero-order chi connectivity index (χ0) is 18.2. The Morgan fingerprint density at radius 1 is 1.16 bits per heavy atom. The number of hydrogen-bond donors (Lipinski definition) is 2. The first-order valence-corrected chi connectivity index (χ1v) is 7.41. The zero-order valence-corrected chi connectivity index (χ0v) is 13.8. The second-order valence-electron chi connectivity index (χ2n) is 5.02. The molecule has 0 aliphatic rings. The number of carbonyl (C=O) groups excluding carboxylic acids is 3. The molecule has 0 saturated heterocycles. The summed E-state index contributed by atoms with van der Waals surface area (Å²) in [7, 11) is 1.42. The number of furan rings is 1. The number of ketones is 1. The molecular formula is C17H18N2O6. The fraction of sp³-hybridized carbons (Fsp3) is 0.235. The van der Waals surface area contributed by atoms with Crippen LogP contribution in [0.25, 0.3) is 0 Å². The van der Waals surface area contributed by atoms with E-state index in [2.05, 4.69) is 10.6 Å². The largest absolute Gasteiger partial charge is 0.493 e. The van der Waals surface area contributed by atoms with Gasteiger partial charge in [0, 0.05) is 5.56 Å². The number of methoxy groups -OCH3 is 1. The molecule has 0 aliphatic carbocycles. The number of rotatable bonds is 7. The first kappa shape index (κ1) is 18.1. The SMILES string of the molecule is COc1cc(C(C)=O)ccc1OCC(=O)NC(=O)NCc1ccco1. The molecule has 1 aromatic heterocycles. The zero-order valence-electron chi connectivity index (χ0n) is 13.8. The monoisotopic (exact) mass is 346 g/mol. The lowest BCUT2D eigenvalue weighted by Crippen LogP contribution is -2.41. The third-order valence-corrected chi connectivity index (χ3v) is 3.19. The molecule has 0 bridgehead atoms. The molecule has 8 heteroatoms. The van der Waals surface area contributed by atoms with E-state index in [1.807, 2.05) is 0 Å². The third-order valence-electron chi connectivity index (χ3n) is 3.19. The second kappa shape index (κ2) is 8.53. The van der Waals surface area contributed by atoms with Crippen molar-refractivity contribution in [1.82, 2.24) is 10.6 Å². The predicted octanol–water partition coefficient (Wildman–Crippen LogP) is 1.90. The number of imide groups is 1. The lowest BCUT2D eigenvalue weighted by molar-refractivity contribution is -0.122. The van der Waals surface area contributed by atoms with Crippen LogP contribution in [0.1, 0.15) is 23.0 Å². The summed E-state index contributed by atoms with van der Waals surface area (Å²) in [5, 5.41) is 4.60. The highest BCUT2D eigenvalue weighted by molar-refractivity contribution is 5.95. The van der Waals surface area contributed by atoms with Crippen LogP contribution in [0.5, 0.6) is 11.5 Å². The standard InChI is InChI=1S/C17H18N2O6/c1-11(20)12-5-6-14(15(8-12)23-2)25-10-16(21)19-17(22)18-9-13-4-3-7-24-13/h3-8H,9-10H2,1-2H3,(H2,18,19,21,22). The van der Waals surface area contributed by atoms with Gasteiger partial charge in [-0.3, -0.25) is 14.9 Å². The highest BCUT2D eigenvalue weighted by Gasteiger charge is 2.12. The van der Waals surface area contributed by atoms with Crippen molar-refractivity contribution in [2.45, 2.75) is 13.5 Å². The fourth-order valence-corrected chi connectivity index (χ4v) is 1.94. The van der Waals surface area contributed by atoms with Crippen LogP contribution in [-0.2, 0) is 11.3 Å². The van der Waals surface area contributed by atoms with Gasteiger partial charge in [0.2, 0.25) is 0 Å². The molecule has 0 atom stereocenters. The first-order valence-electron chi connectivity index (χ1n) is 7.41. The van der Waals surface area contributed by atoms with Crippen LogP contribution in [0.15, 0.2) is 41.0 Å². The van der Waals surface area contributed by atoms with E-state index in [9.17, 15) is 14.4 Å². The maximum Gasteiger partial charge on any atom is 0.321 e. The van der Waals surface area contributed by atoms with Gasteiger partial charge in [-0.1, -0.05) is 0 Å². The molecule has 2 N–H and O–H groups in total. The molecule has 1 heterocycles. The number of amides is 3. The Morgan fingerprint density at radius 3 is 2.60 bits per heavy atom. The minimum Gasteiger partial charge on any atom is -0.493 e. The molecule has 8 nitrogen and oxygen atoms in total. The number of benzene rings is 1. The number of Topliss-reactive ketones (excluding diaryl/α,β-unsaturated/α-hetero) is 1. The number of nitrogens with one attached hydrogen (secondary N) is 2. The average Bonchev–Trinajstić information content (AvgIpc) is 3.11. The summed E-state index contributed by atoms with van der Waals surface area (Å²) in [6, 6.07) is 7.34. The molecule has 25 heavy (non-hydrogen) atoms. The number of urea groups is 1. The summed E-state index contributed by atoms with van der Waals surface area (Å²) >= 11 is 0. The van der Waals surface area contributed by atoms with Gasteiger partial charge in [-0.25, -0.2) is 4.79 Å². The number of hydrogen-bond acceptors (Lipinski definition) is 6. The Hall–Kier alpha value is -3.29. The summed E-state index contributed by atoms with van der Waals surface area (Å²) in [5.41, 5.74) is 0.464. The molecule has 0 spiro atoms. The van der Waals surface area contributed by atoms with Crippen molar-refractivity contribution in [2.24, 2.45) is 0 Å². The van der Waals surface area contributed by atoms with Crippen LogP contribution >= 0.6 is 0 Å². The maximum atomic E-state index is 11.7. The maximum absolute atomic E-state index is 11.7. The first-order chi connectivity index (χ1) is 12.0. The second-order valence-corrected chi connectivity index (χ2v) is 5.02. The Morgan fingerprint density at radius 2 is 1.96 bits per heavy atom. The number of carbonyl (C=O) groups is 3. The van der Waals surface area contributed by atoms with Crippen LogP contribution in [0, 0.1) is 0 Å². The minimum atomic E-state index is -0.663. The lowest BCUT2D eigenvalue weighted by atomic mass is 10.1. The Labute approximate surface area is 144 Å². The molecule has 0 fully saturated rings. The van der Waals surface area contributed by atoms with Crippen molar-refractivity contribution < 1.29 is 28.3 Å². The molecule has 0 aliphatic heterocycles. The summed E-state index contributed by atoms with van der Waals surface area (Å²) < 4.78 is 15.5. The van der Waals surface area contributed by atoms with Gasteiger partial charge in [-0.05, 0) is 37.3 Å². The molecule has 3 amide bonds. The van der Waals surface area contributed by atoms with Crippen molar-refractivity contribution in [3.8, 4) is 11.5 Å². The van der Waals surface area contributed by atoms with E-state index in [1.54, 1.807) is 18.2 Å². The fourth-order valence-electron chi connectivity index (χ4n) is 1.94. The van der Waals surface area contributed by atoms with Crippen molar-refractivity contribution in [3.05, 3.63) is 47.9 Å². The summed E-state index contributed by atoms with van der Waals surface area (Å²) in [5.74, 6) is 0.432. The smallest absolute Gasteiger partial charge is 0.321 e. The molecule has 2 aromatic rings. The minimum absolute atomic E-state index is 0.115. The Kier molecular flexibility index (Phi) is 6.16. The van der Waals surface area contributed by atoms with Gasteiger partial charge < -0.3 is 19.2 Å². The Bertz CT molecular complexity index is 755. The van der Waals surface area contributed by atoms with Crippen LogP contribution in [0.2, 0.25) is 0 Å². The normalized spacial score (nSPS) is 10.0. The summed E-state index contributed by atoms with van der Waals surface area (Å²) in [6.07, 6.45) is 1.48. The van der Waals surface area contributed by atoms with E-state index in [-0.39, 0.29) is 18.9 Å². The summed E-state index contributed by atoms with van der Waals surface area (Å²) in [4.78, 5) is 34.7. The molecule has 0 saturated carbocycles. The van der Waals surface area contributed by atoms with Gasteiger partial charge in [0.1, 0.15) is 5.76 Å². The van der Waals surface area contributed by atoms with Crippen molar-refractivity contribution in [3.63, 3.8) is 0 Å². The van der Waals surface area contributed by atoms with E-state index in [1.165, 1.54) is 32.4 Å². The van der Waals surface area contributed by atoms with Gasteiger partial charge in [0.25, 0.3) is 5.91 Å². The molecule has 2 rings (SSSR count). The van der Waals surface area contributed by atoms with Crippen molar-refractivity contribution in [1.29, 1.82) is 0 Å². The van der Waals surface area contributed by atoms with E-state index in [4.69, 9.17) is 13.9 Å². The predicted molar refractivity (Wildman–Crippen MR) is 87.6 cm³/mol. The van der Waals surface area contributed by atoms with E-state index >= 15 is 0 Å². The van der Waals surface area contributed by atoms with E-state index in [0.717, 1.165) is 0 Å². The van der Waals surface area contributed by atoms with Crippen molar-refractivity contribution >= 4 is 17.7 Å². The highest BCUT2D eigenvalue weighted by atomic mass is 16.5. The van der Waals surface area contributed by atoms with Crippen LogP contribution in [0.3, 0.4) is 0 Å². The van der Waals surface area contributed by atoms with Gasteiger partial charge in [-0.15, -0.1) is 0 Å². The Balaban J connectivity index is 1.83. The van der Waals surface area contributed by atoms with Gasteiger partial charge in [-0.2, -0.15) is 0 Å². The number of ether oxygens (including phenoxy) is 2. The van der Waals surface area contributed by atoms with Crippen molar-refractivity contribution in [2.75, 3.05) is 13.7 Å². The molecular weight excluding hydrogens is 328 g/mol. The topological polar surface area (TPSA) is 107 Å². The van der Waals surface area contributed by atoms with E-state index in [0.29, 0.717) is 22.8 Å². The van der Waals surface area contributed by atoms with Crippen LogP contribution in [-0.4, -0.2) is 31.4 Å². The highest BCUT2D eigenvalue weighted by Crippen LogP contribution is 2.28. The molecule has 132 valence electrons. The van der Waals surface area contributed by atoms with Crippen LogP contribution in [0.4, 0.5) is 4.79 Å². The third kappa shape index (κ3) is 5.38. The van der Waals surface area contributed by atoms with Gasteiger partial charge in [0.05, 0.1) is 19.9 Å². The molecule has 1 aromatic carbocycles. The van der Waals surface area contributed by atoms with Gasteiger partial charge >= 0.3 is 6.03 Å². The molecule has 0 radical (unpaired) electrons. The van der Waals surface area contributed by atoms with E-state index < -0.39 is 11.9 Å². The van der Waals surface area contributed by atoms with Gasteiger partial charge in [0.15, 0.2) is 23.9 Å². The molecule has 0 unspecified atom stereocenters. The summed E-state index contributed by atoms with van der Waals surface area (Å²) in [6.45, 7) is 1.21. The lowest BCUT2D eigenvalue weighted by Gasteiger charge is -2.11. The quantitative estimate of drug-likeness (QED) is 0.742. The van der Waals surface area contributed by atoms with Crippen LogP contribution < -0.4 is 20.1 Å². The average molecular weight is 346 g/mol.